The van der Waals surface area contributed by atoms with E-state index in [0.717, 1.165) is 6.54 Å². The minimum atomic E-state index is -0.549. The maximum absolute atomic E-state index is 13.1. The number of hydrogen-bond acceptors (Lipinski definition) is 4. The standard InChI is InChI=1S/C12H16FNOS2/c13-11-3-1-2-9(12(11)15)6-14-7-10-8-16-4-5-17-10/h1-3,10,14-15H,4-8H2. The Morgan fingerprint density at radius 3 is 3.06 bits per heavy atom. The summed E-state index contributed by atoms with van der Waals surface area (Å²) in [6.45, 7) is 1.43. The minimum absolute atomic E-state index is 0.231. The zero-order valence-electron chi connectivity index (χ0n) is 9.49. The molecule has 0 aliphatic carbocycles. The van der Waals surface area contributed by atoms with E-state index in [1.807, 2.05) is 23.5 Å². The second-order valence-corrected chi connectivity index (χ2v) is 6.50. The van der Waals surface area contributed by atoms with E-state index in [9.17, 15) is 9.50 Å². The number of thioether (sulfide) groups is 2. The van der Waals surface area contributed by atoms with Gasteiger partial charge in [0.25, 0.3) is 0 Å². The maximum atomic E-state index is 13.1. The Morgan fingerprint density at radius 1 is 1.41 bits per heavy atom. The summed E-state index contributed by atoms with van der Waals surface area (Å²) in [5.41, 5.74) is 0.624. The van der Waals surface area contributed by atoms with E-state index in [4.69, 9.17) is 0 Å². The van der Waals surface area contributed by atoms with Crippen LogP contribution in [0.2, 0.25) is 0 Å². The Morgan fingerprint density at radius 2 is 2.29 bits per heavy atom. The van der Waals surface area contributed by atoms with Crippen LogP contribution < -0.4 is 5.32 Å². The zero-order chi connectivity index (χ0) is 12.1. The van der Waals surface area contributed by atoms with Crippen LogP contribution in [0.3, 0.4) is 0 Å². The van der Waals surface area contributed by atoms with Crippen LogP contribution in [0.1, 0.15) is 5.56 Å². The molecule has 2 N–H and O–H groups in total. The van der Waals surface area contributed by atoms with Crippen LogP contribution in [-0.4, -0.2) is 34.2 Å². The fourth-order valence-corrected chi connectivity index (χ4v) is 4.37. The highest BCUT2D eigenvalue weighted by Crippen LogP contribution is 2.24. The van der Waals surface area contributed by atoms with E-state index in [-0.39, 0.29) is 5.75 Å². The Hall–Kier alpha value is -0.390. The second kappa shape index (κ2) is 6.52. The van der Waals surface area contributed by atoms with E-state index < -0.39 is 5.82 Å². The van der Waals surface area contributed by atoms with E-state index >= 15 is 0 Å². The van der Waals surface area contributed by atoms with Crippen molar-refractivity contribution in [1.29, 1.82) is 0 Å². The summed E-state index contributed by atoms with van der Waals surface area (Å²) >= 11 is 3.97. The molecule has 1 heterocycles. The molecule has 2 rings (SSSR count). The molecule has 1 aliphatic rings. The molecule has 0 bridgehead atoms. The largest absolute Gasteiger partial charge is 0.505 e. The first-order chi connectivity index (χ1) is 8.27. The highest BCUT2D eigenvalue weighted by atomic mass is 32.2. The molecule has 0 saturated carbocycles. The number of phenols is 1. The lowest BCUT2D eigenvalue weighted by atomic mass is 10.2. The monoisotopic (exact) mass is 273 g/mol. The van der Waals surface area contributed by atoms with Crippen molar-refractivity contribution in [3.8, 4) is 5.75 Å². The average Bonchev–Trinajstić information content (AvgIpc) is 2.36. The lowest BCUT2D eigenvalue weighted by Gasteiger charge is -2.21. The lowest BCUT2D eigenvalue weighted by molar-refractivity contribution is 0.423. The van der Waals surface area contributed by atoms with Crippen molar-refractivity contribution in [2.75, 3.05) is 23.8 Å². The number of benzene rings is 1. The summed E-state index contributed by atoms with van der Waals surface area (Å²) in [5, 5.41) is 13.4. The third-order valence-electron chi connectivity index (χ3n) is 2.64. The third kappa shape index (κ3) is 3.79. The summed E-state index contributed by atoms with van der Waals surface area (Å²) < 4.78 is 13.1. The Kier molecular flexibility index (Phi) is 5.00. The van der Waals surface area contributed by atoms with E-state index in [2.05, 4.69) is 5.32 Å². The number of para-hydroxylation sites is 1. The van der Waals surface area contributed by atoms with Gasteiger partial charge in [0, 0.05) is 41.2 Å². The van der Waals surface area contributed by atoms with E-state index in [1.165, 1.54) is 23.3 Å². The van der Waals surface area contributed by atoms with Crippen LogP contribution in [0.4, 0.5) is 4.39 Å². The van der Waals surface area contributed by atoms with Gasteiger partial charge in [-0.3, -0.25) is 0 Å². The quantitative estimate of drug-likeness (QED) is 0.883. The molecule has 1 unspecified atom stereocenters. The van der Waals surface area contributed by atoms with Crippen molar-refractivity contribution >= 4 is 23.5 Å². The van der Waals surface area contributed by atoms with Crippen molar-refractivity contribution in [3.05, 3.63) is 29.6 Å². The predicted molar refractivity (Wildman–Crippen MR) is 73.3 cm³/mol. The molecule has 1 fully saturated rings. The van der Waals surface area contributed by atoms with Gasteiger partial charge in [-0.05, 0) is 6.07 Å². The number of hydrogen-bond donors (Lipinski definition) is 2. The van der Waals surface area contributed by atoms with Crippen LogP contribution in [0, 0.1) is 5.82 Å². The lowest BCUT2D eigenvalue weighted by Crippen LogP contribution is -2.28. The molecule has 1 aliphatic heterocycles. The topological polar surface area (TPSA) is 32.3 Å². The van der Waals surface area contributed by atoms with Crippen molar-refractivity contribution in [3.63, 3.8) is 0 Å². The molecule has 0 amide bonds. The molecule has 0 radical (unpaired) electrons. The fraction of sp³-hybridized carbons (Fsp3) is 0.500. The maximum Gasteiger partial charge on any atom is 0.165 e. The Labute approximate surface area is 109 Å². The van der Waals surface area contributed by atoms with E-state index in [0.29, 0.717) is 17.4 Å². The smallest absolute Gasteiger partial charge is 0.165 e. The Balaban J connectivity index is 1.79. The first-order valence-electron chi connectivity index (χ1n) is 5.64. The van der Waals surface area contributed by atoms with Gasteiger partial charge < -0.3 is 10.4 Å². The number of aromatic hydroxyl groups is 1. The SMILES string of the molecule is Oc1c(F)cccc1CNCC1CSCCS1. The molecule has 1 aromatic rings. The van der Waals surface area contributed by atoms with Gasteiger partial charge in [0.15, 0.2) is 11.6 Å². The molecule has 1 aromatic carbocycles. The highest BCUT2D eigenvalue weighted by Gasteiger charge is 2.14. The van der Waals surface area contributed by atoms with Gasteiger partial charge in [0.2, 0.25) is 0 Å². The Bertz CT molecular complexity index is 370. The molecule has 1 saturated heterocycles. The van der Waals surface area contributed by atoms with Crippen LogP contribution in [0.25, 0.3) is 0 Å². The van der Waals surface area contributed by atoms with Gasteiger partial charge in [-0.15, -0.1) is 0 Å². The minimum Gasteiger partial charge on any atom is -0.505 e. The van der Waals surface area contributed by atoms with Gasteiger partial charge >= 0.3 is 0 Å². The summed E-state index contributed by atoms with van der Waals surface area (Å²) in [4.78, 5) is 0. The number of rotatable bonds is 4. The normalized spacial score (nSPS) is 20.4. The summed E-state index contributed by atoms with van der Waals surface area (Å²) in [5.74, 6) is 2.85. The van der Waals surface area contributed by atoms with Gasteiger partial charge in [-0.2, -0.15) is 23.5 Å². The van der Waals surface area contributed by atoms with Crippen LogP contribution >= 0.6 is 23.5 Å². The molecule has 5 heteroatoms. The van der Waals surface area contributed by atoms with Crippen molar-refractivity contribution in [2.45, 2.75) is 11.8 Å². The first-order valence-corrected chi connectivity index (χ1v) is 7.84. The zero-order valence-corrected chi connectivity index (χ0v) is 11.1. The van der Waals surface area contributed by atoms with Gasteiger partial charge in [0.1, 0.15) is 0 Å². The van der Waals surface area contributed by atoms with Gasteiger partial charge in [-0.1, -0.05) is 12.1 Å². The highest BCUT2D eigenvalue weighted by molar-refractivity contribution is 8.06. The van der Waals surface area contributed by atoms with Gasteiger partial charge in [0.05, 0.1) is 0 Å². The average molecular weight is 273 g/mol. The number of phenolic OH excluding ortho intramolecular Hbond substituents is 1. The second-order valence-electron chi connectivity index (χ2n) is 3.95. The fourth-order valence-electron chi connectivity index (χ4n) is 1.72. The number of nitrogens with one attached hydrogen (secondary N) is 1. The first kappa shape index (κ1) is 13.1. The third-order valence-corrected chi connectivity index (χ3v) is 5.49. The number of halogens is 1. The summed E-state index contributed by atoms with van der Waals surface area (Å²) in [7, 11) is 0. The molecule has 2 nitrogen and oxygen atoms in total. The summed E-state index contributed by atoms with van der Waals surface area (Å²) in [6.07, 6.45) is 0. The van der Waals surface area contributed by atoms with Crippen LogP contribution in [0.5, 0.6) is 5.75 Å². The van der Waals surface area contributed by atoms with Crippen LogP contribution in [0.15, 0.2) is 18.2 Å². The molecular formula is C12H16FNOS2. The summed E-state index contributed by atoms with van der Waals surface area (Å²) in [6, 6.07) is 4.64. The van der Waals surface area contributed by atoms with Crippen LogP contribution in [-0.2, 0) is 6.54 Å². The molecule has 1 atom stereocenters. The molecule has 94 valence electrons. The van der Waals surface area contributed by atoms with Gasteiger partial charge in [-0.25, -0.2) is 4.39 Å². The van der Waals surface area contributed by atoms with Crippen molar-refractivity contribution in [2.24, 2.45) is 0 Å². The molecule has 0 aromatic heterocycles. The van der Waals surface area contributed by atoms with E-state index in [1.54, 1.807) is 12.1 Å². The van der Waals surface area contributed by atoms with Crippen molar-refractivity contribution in [1.82, 2.24) is 5.32 Å². The predicted octanol–water partition coefficient (Wildman–Crippen LogP) is 2.47. The molecule has 0 spiro atoms. The molecular weight excluding hydrogens is 257 g/mol. The molecule has 17 heavy (non-hydrogen) atoms. The van der Waals surface area contributed by atoms with Crippen molar-refractivity contribution < 1.29 is 9.50 Å².